The van der Waals surface area contributed by atoms with Crippen LogP contribution in [0, 0.1) is 0 Å². The molecule has 208 valence electrons. The van der Waals surface area contributed by atoms with Crippen LogP contribution in [0.25, 0.3) is 0 Å². The average Bonchev–Trinajstić information content (AvgIpc) is 3.09. The number of rotatable bonds is 10. The Labute approximate surface area is 252 Å². The molecule has 6 aromatic carbocycles. The van der Waals surface area contributed by atoms with Gasteiger partial charge in [-0.3, -0.25) is 0 Å². The van der Waals surface area contributed by atoms with Gasteiger partial charge in [0.15, 0.2) is 0 Å². The Kier molecular flexibility index (Phi) is 8.58. The van der Waals surface area contributed by atoms with Gasteiger partial charge in [0.1, 0.15) is 0 Å². The van der Waals surface area contributed by atoms with Crippen molar-refractivity contribution >= 4 is 46.4 Å². The first-order valence-electron chi connectivity index (χ1n) is 14.8. The van der Waals surface area contributed by atoms with Crippen molar-refractivity contribution in [2.45, 2.75) is 5.66 Å². The molecule has 0 saturated heterocycles. The van der Waals surface area contributed by atoms with E-state index in [0.717, 1.165) is 6.16 Å². The van der Waals surface area contributed by atoms with Gasteiger partial charge in [0.25, 0.3) is 0 Å². The fraction of sp³-hybridized carbons (Fsp3) is 0.0500. The van der Waals surface area contributed by atoms with Gasteiger partial charge in [-0.1, -0.05) is 0 Å². The van der Waals surface area contributed by atoms with E-state index < -0.39 is 14.5 Å². The Morgan fingerprint density at radius 3 is 0.857 bits per heavy atom. The zero-order chi connectivity index (χ0) is 28.7. The zero-order valence-corrected chi connectivity index (χ0v) is 25.9. The summed E-state index contributed by atoms with van der Waals surface area (Å²) >= 11 is 0. The third-order valence-corrected chi connectivity index (χ3v) is 19.6. The van der Waals surface area contributed by atoms with Gasteiger partial charge in [0.05, 0.1) is 0 Å². The Morgan fingerprint density at radius 2 is 0.619 bits per heavy atom. The zero-order valence-electron chi connectivity index (χ0n) is 23.9. The van der Waals surface area contributed by atoms with E-state index in [4.69, 9.17) is 0 Å². The van der Waals surface area contributed by atoms with Crippen LogP contribution < -0.4 is 31.8 Å². The van der Waals surface area contributed by atoms with Gasteiger partial charge in [-0.05, 0) is 0 Å². The second-order valence-corrected chi connectivity index (χ2v) is 19.0. The van der Waals surface area contributed by atoms with Crippen LogP contribution in [0.5, 0.6) is 0 Å². The second kappa shape index (κ2) is 12.8. The van der Waals surface area contributed by atoms with Gasteiger partial charge >= 0.3 is 253 Å². The predicted octanol–water partition coefficient (Wildman–Crippen LogP) is 6.99. The van der Waals surface area contributed by atoms with Crippen molar-refractivity contribution in [1.29, 1.82) is 0 Å². The van der Waals surface area contributed by atoms with Crippen LogP contribution >= 0.6 is 14.5 Å². The number of hydrogen-bond donors (Lipinski definition) is 0. The third kappa shape index (κ3) is 5.07. The molecular weight excluding hydrogens is 542 g/mol. The Bertz CT molecular complexity index is 1490. The molecular formula is C40H38P2. The monoisotopic (exact) mass is 580 g/mol. The quantitative estimate of drug-likeness (QED) is 0.121. The van der Waals surface area contributed by atoms with E-state index in [0.29, 0.717) is 0 Å². The normalized spacial score (nSPS) is 13.1. The van der Waals surface area contributed by atoms with Gasteiger partial charge in [0.2, 0.25) is 0 Å². The van der Waals surface area contributed by atoms with E-state index in [1.807, 2.05) is 0 Å². The van der Waals surface area contributed by atoms with Gasteiger partial charge in [-0.25, -0.2) is 0 Å². The third-order valence-electron chi connectivity index (χ3n) is 8.85. The molecule has 0 fully saturated rings. The van der Waals surface area contributed by atoms with Gasteiger partial charge in [-0.2, -0.15) is 0 Å². The summed E-state index contributed by atoms with van der Waals surface area (Å²) in [6.45, 7) is 4.63. The predicted molar refractivity (Wildman–Crippen MR) is 192 cm³/mol. The molecule has 0 aliphatic heterocycles. The van der Waals surface area contributed by atoms with Crippen molar-refractivity contribution < 1.29 is 0 Å². The first-order valence-corrected chi connectivity index (χ1v) is 19.0. The van der Waals surface area contributed by atoms with Crippen molar-refractivity contribution in [2.24, 2.45) is 0 Å². The second-order valence-electron chi connectivity index (χ2n) is 11.0. The molecule has 42 heavy (non-hydrogen) atoms. The summed E-state index contributed by atoms with van der Waals surface area (Å²) in [6, 6.07) is 67.7. The molecule has 0 radical (unpaired) electrons. The molecule has 0 amide bonds. The maximum absolute atomic E-state index is 4.63. The van der Waals surface area contributed by atoms with Gasteiger partial charge in [-0.15, -0.1) is 0 Å². The Hall–Kier alpha value is -4.08. The summed E-state index contributed by atoms with van der Waals surface area (Å²) in [4.78, 5) is 0. The summed E-state index contributed by atoms with van der Waals surface area (Å²) in [7, 11) is -5.20. The number of allylic oxidation sites excluding steroid dienone is 1. The van der Waals surface area contributed by atoms with Crippen molar-refractivity contribution in [3.8, 4) is 0 Å². The molecule has 0 heterocycles. The Balaban J connectivity index is 1.70. The summed E-state index contributed by atoms with van der Waals surface area (Å²) in [5.41, 5.74) is 0.219. The number of benzene rings is 6. The molecule has 6 aromatic rings. The standard InChI is InChI=1S/C40H38P2/c1-2-34(42(38-27-15-6-16-28-38,39-29-17-7-18-30-39)40-31-19-8-20-32-40)33-41(35-21-9-3-10-22-35,36-23-11-4-12-24-36)37-25-13-5-14-26-37/h2-32,34,41-42H,1,33H2. The van der Waals surface area contributed by atoms with Crippen LogP contribution in [0.1, 0.15) is 0 Å². The molecule has 6 rings (SSSR count). The van der Waals surface area contributed by atoms with Gasteiger partial charge < -0.3 is 0 Å². The van der Waals surface area contributed by atoms with Crippen LogP contribution in [0.15, 0.2) is 195 Å². The fourth-order valence-corrected chi connectivity index (χ4v) is 18.8. The molecule has 0 aliphatic rings. The van der Waals surface area contributed by atoms with Crippen molar-refractivity contribution in [1.82, 2.24) is 0 Å². The molecule has 0 bridgehead atoms. The van der Waals surface area contributed by atoms with Crippen LogP contribution in [0.4, 0.5) is 0 Å². The fourth-order valence-electron chi connectivity index (χ4n) is 7.01. The van der Waals surface area contributed by atoms with Crippen LogP contribution in [0.3, 0.4) is 0 Å². The van der Waals surface area contributed by atoms with Crippen molar-refractivity contribution in [2.75, 3.05) is 6.16 Å². The topological polar surface area (TPSA) is 0 Å². The molecule has 0 N–H and O–H groups in total. The minimum absolute atomic E-state index is 0.219. The van der Waals surface area contributed by atoms with Gasteiger partial charge in [0, 0.05) is 0 Å². The summed E-state index contributed by atoms with van der Waals surface area (Å²) in [5, 5.41) is 8.57. The van der Waals surface area contributed by atoms with Crippen LogP contribution in [-0.2, 0) is 0 Å². The van der Waals surface area contributed by atoms with Crippen molar-refractivity contribution in [3.63, 3.8) is 0 Å². The van der Waals surface area contributed by atoms with Crippen LogP contribution in [0.2, 0.25) is 0 Å². The van der Waals surface area contributed by atoms with E-state index in [1.54, 1.807) is 0 Å². The molecule has 0 nitrogen and oxygen atoms in total. The maximum atomic E-state index is 4.63. The molecule has 2 heteroatoms. The van der Waals surface area contributed by atoms with E-state index in [2.05, 4.69) is 195 Å². The number of hydrogen-bond acceptors (Lipinski definition) is 0. The summed E-state index contributed by atoms with van der Waals surface area (Å²) < 4.78 is 0. The summed E-state index contributed by atoms with van der Waals surface area (Å²) in [6.07, 6.45) is 3.31. The molecule has 1 atom stereocenters. The molecule has 0 saturated carbocycles. The SMILES string of the molecule is C=CC(C[PH](c1ccccc1)(c1ccccc1)c1ccccc1)[PH](c1ccccc1)(c1ccccc1)c1ccccc1. The molecule has 0 aliphatic carbocycles. The van der Waals surface area contributed by atoms with Crippen LogP contribution in [-0.4, -0.2) is 11.8 Å². The molecule has 0 aromatic heterocycles. The molecule has 1 unspecified atom stereocenters. The average molecular weight is 581 g/mol. The minimum atomic E-state index is -2.65. The van der Waals surface area contributed by atoms with E-state index in [-0.39, 0.29) is 5.66 Å². The van der Waals surface area contributed by atoms with E-state index in [1.165, 1.54) is 31.8 Å². The molecule has 0 spiro atoms. The Morgan fingerprint density at radius 1 is 0.381 bits per heavy atom. The van der Waals surface area contributed by atoms with E-state index in [9.17, 15) is 0 Å². The summed E-state index contributed by atoms with van der Waals surface area (Å²) in [5.74, 6) is 0. The first kappa shape index (κ1) is 28.1. The van der Waals surface area contributed by atoms with E-state index >= 15 is 0 Å². The van der Waals surface area contributed by atoms with Crippen molar-refractivity contribution in [3.05, 3.63) is 195 Å². The first-order chi connectivity index (χ1) is 20.8.